The van der Waals surface area contributed by atoms with Crippen LogP contribution in [0.25, 0.3) is 0 Å². The first kappa shape index (κ1) is 22.5. The molecule has 2 aliphatic rings. The third-order valence-electron chi connectivity index (χ3n) is 6.17. The highest BCUT2D eigenvalue weighted by Crippen LogP contribution is 2.31. The molecule has 0 bridgehead atoms. The quantitative estimate of drug-likeness (QED) is 0.500. The standard InChI is InChI=1S/C25H27N3O5/c1-33-19-10-7-16(8-11-19)22(29)26-13-14-27-23(30)17-9-12-20-21(15-17)25(32)28(24(20)31)18-5-3-2-4-6-18/h7-12,15,18H,2-6,13-14H2,1H3,(H,26,29)(H,27,30). The Labute approximate surface area is 192 Å². The van der Waals surface area contributed by atoms with Gasteiger partial charge < -0.3 is 15.4 Å². The first-order valence-corrected chi connectivity index (χ1v) is 11.2. The number of ether oxygens (including phenoxy) is 1. The van der Waals surface area contributed by atoms with Crippen LogP contribution in [0.5, 0.6) is 5.75 Å². The molecule has 0 radical (unpaired) electrons. The number of amides is 4. The van der Waals surface area contributed by atoms with E-state index in [1.165, 1.54) is 11.0 Å². The summed E-state index contributed by atoms with van der Waals surface area (Å²) in [6.07, 6.45) is 4.83. The number of carbonyl (C=O) groups excluding carboxylic acids is 4. The number of hydrogen-bond acceptors (Lipinski definition) is 5. The predicted octanol–water partition coefficient (Wildman–Crippen LogP) is 2.78. The van der Waals surface area contributed by atoms with Crippen molar-refractivity contribution in [1.29, 1.82) is 0 Å². The van der Waals surface area contributed by atoms with Gasteiger partial charge in [0, 0.05) is 30.3 Å². The van der Waals surface area contributed by atoms with Gasteiger partial charge in [0.2, 0.25) is 0 Å². The summed E-state index contributed by atoms with van der Waals surface area (Å²) in [6, 6.07) is 11.3. The molecule has 1 aliphatic heterocycles. The monoisotopic (exact) mass is 449 g/mol. The molecule has 1 heterocycles. The van der Waals surface area contributed by atoms with Crippen molar-refractivity contribution in [1.82, 2.24) is 15.5 Å². The van der Waals surface area contributed by atoms with Crippen molar-refractivity contribution >= 4 is 23.6 Å². The summed E-state index contributed by atoms with van der Waals surface area (Å²) >= 11 is 0. The van der Waals surface area contributed by atoms with E-state index < -0.39 is 0 Å². The van der Waals surface area contributed by atoms with E-state index in [0.717, 1.165) is 32.1 Å². The summed E-state index contributed by atoms with van der Waals surface area (Å²) in [5, 5.41) is 5.47. The smallest absolute Gasteiger partial charge is 0.261 e. The number of hydrogen-bond donors (Lipinski definition) is 2. The van der Waals surface area contributed by atoms with E-state index in [2.05, 4.69) is 10.6 Å². The Hall–Kier alpha value is -3.68. The van der Waals surface area contributed by atoms with Gasteiger partial charge in [-0.15, -0.1) is 0 Å². The Kier molecular flexibility index (Phi) is 6.72. The summed E-state index contributed by atoms with van der Waals surface area (Å²) in [6.45, 7) is 0.466. The van der Waals surface area contributed by atoms with Crippen LogP contribution in [0.2, 0.25) is 0 Å². The lowest BCUT2D eigenvalue weighted by Gasteiger charge is -2.29. The van der Waals surface area contributed by atoms with Gasteiger partial charge in [-0.1, -0.05) is 19.3 Å². The van der Waals surface area contributed by atoms with Gasteiger partial charge in [0.05, 0.1) is 18.2 Å². The van der Waals surface area contributed by atoms with Crippen molar-refractivity contribution in [2.75, 3.05) is 20.2 Å². The van der Waals surface area contributed by atoms with Gasteiger partial charge in [-0.25, -0.2) is 0 Å². The van der Waals surface area contributed by atoms with E-state index in [4.69, 9.17) is 4.74 Å². The minimum absolute atomic E-state index is 0.0576. The molecule has 1 aliphatic carbocycles. The first-order chi connectivity index (χ1) is 16.0. The maximum atomic E-state index is 12.9. The summed E-state index contributed by atoms with van der Waals surface area (Å²) in [7, 11) is 1.55. The molecule has 0 saturated heterocycles. The normalized spacial score (nSPS) is 15.8. The van der Waals surface area contributed by atoms with Crippen LogP contribution in [0, 0.1) is 0 Å². The summed E-state index contributed by atoms with van der Waals surface area (Å²) in [4.78, 5) is 51.8. The van der Waals surface area contributed by atoms with Gasteiger partial charge >= 0.3 is 0 Å². The molecular formula is C25H27N3O5. The highest BCUT2D eigenvalue weighted by atomic mass is 16.5. The van der Waals surface area contributed by atoms with Crippen LogP contribution in [0.3, 0.4) is 0 Å². The molecule has 8 heteroatoms. The molecule has 0 spiro atoms. The zero-order valence-corrected chi connectivity index (χ0v) is 18.6. The van der Waals surface area contributed by atoms with Crippen LogP contribution in [0.1, 0.15) is 73.5 Å². The van der Waals surface area contributed by atoms with E-state index in [1.807, 2.05) is 0 Å². The average Bonchev–Trinajstić information content (AvgIpc) is 3.11. The second kappa shape index (κ2) is 9.85. The van der Waals surface area contributed by atoms with E-state index in [1.54, 1.807) is 43.5 Å². The fourth-order valence-corrected chi connectivity index (χ4v) is 4.37. The number of nitrogens with one attached hydrogen (secondary N) is 2. The third-order valence-corrected chi connectivity index (χ3v) is 6.17. The second-order valence-electron chi connectivity index (χ2n) is 8.27. The first-order valence-electron chi connectivity index (χ1n) is 11.2. The molecule has 1 fully saturated rings. The minimum Gasteiger partial charge on any atom is -0.497 e. The molecule has 0 atom stereocenters. The number of nitrogens with zero attached hydrogens (tertiary/aromatic N) is 1. The molecule has 0 aromatic heterocycles. The topological polar surface area (TPSA) is 105 Å². The van der Waals surface area contributed by atoms with Gasteiger partial charge in [-0.3, -0.25) is 24.1 Å². The van der Waals surface area contributed by atoms with Gasteiger partial charge in [-0.05, 0) is 55.3 Å². The lowest BCUT2D eigenvalue weighted by atomic mass is 9.94. The van der Waals surface area contributed by atoms with Crippen LogP contribution in [0.4, 0.5) is 0 Å². The van der Waals surface area contributed by atoms with E-state index in [0.29, 0.717) is 22.4 Å². The Morgan fingerprint density at radius 2 is 1.42 bits per heavy atom. The van der Waals surface area contributed by atoms with Crippen molar-refractivity contribution < 1.29 is 23.9 Å². The highest BCUT2D eigenvalue weighted by Gasteiger charge is 2.40. The van der Waals surface area contributed by atoms with Gasteiger partial charge in [0.1, 0.15) is 5.75 Å². The molecule has 8 nitrogen and oxygen atoms in total. The summed E-state index contributed by atoms with van der Waals surface area (Å²) in [5.41, 5.74) is 1.44. The lowest BCUT2D eigenvalue weighted by Crippen LogP contribution is -2.40. The number of carbonyl (C=O) groups is 4. The fraction of sp³-hybridized carbons (Fsp3) is 0.360. The number of benzene rings is 2. The van der Waals surface area contributed by atoms with Crippen molar-refractivity contribution in [3.05, 3.63) is 64.7 Å². The van der Waals surface area contributed by atoms with Crippen LogP contribution in [0.15, 0.2) is 42.5 Å². The second-order valence-corrected chi connectivity index (χ2v) is 8.27. The number of rotatable bonds is 7. The Bertz CT molecular complexity index is 1070. The van der Waals surface area contributed by atoms with Crippen molar-refractivity contribution in [2.45, 2.75) is 38.1 Å². The zero-order chi connectivity index (χ0) is 23.4. The van der Waals surface area contributed by atoms with Gasteiger partial charge in [0.25, 0.3) is 23.6 Å². The average molecular weight is 450 g/mol. The van der Waals surface area contributed by atoms with Crippen LogP contribution >= 0.6 is 0 Å². The zero-order valence-electron chi connectivity index (χ0n) is 18.6. The molecular weight excluding hydrogens is 422 g/mol. The Morgan fingerprint density at radius 3 is 2.06 bits per heavy atom. The Morgan fingerprint density at radius 1 is 0.848 bits per heavy atom. The number of fused-ring (bicyclic) bond motifs is 1. The molecule has 0 unspecified atom stereocenters. The molecule has 4 amide bonds. The van der Waals surface area contributed by atoms with Crippen molar-refractivity contribution in [3.63, 3.8) is 0 Å². The molecule has 33 heavy (non-hydrogen) atoms. The molecule has 172 valence electrons. The molecule has 1 saturated carbocycles. The van der Waals surface area contributed by atoms with Crippen molar-refractivity contribution in [2.24, 2.45) is 0 Å². The SMILES string of the molecule is COc1ccc(C(=O)NCCNC(=O)c2ccc3c(c2)C(=O)N(C2CCCCC2)C3=O)cc1. The highest BCUT2D eigenvalue weighted by molar-refractivity contribution is 6.22. The third kappa shape index (κ3) is 4.74. The minimum atomic E-state index is -0.368. The van der Waals surface area contributed by atoms with Crippen LogP contribution < -0.4 is 15.4 Å². The maximum Gasteiger partial charge on any atom is 0.261 e. The summed E-state index contributed by atoms with van der Waals surface area (Å²) < 4.78 is 5.07. The molecule has 4 rings (SSSR count). The number of methoxy groups -OCH3 is 1. The fourth-order valence-electron chi connectivity index (χ4n) is 4.37. The maximum absolute atomic E-state index is 12.9. The van der Waals surface area contributed by atoms with Crippen LogP contribution in [-0.2, 0) is 0 Å². The molecule has 2 N–H and O–H groups in total. The Balaban J connectivity index is 1.32. The molecule has 2 aromatic carbocycles. The van der Waals surface area contributed by atoms with E-state index in [-0.39, 0.29) is 48.3 Å². The van der Waals surface area contributed by atoms with Crippen molar-refractivity contribution in [3.8, 4) is 5.75 Å². The predicted molar refractivity (Wildman–Crippen MR) is 121 cm³/mol. The largest absolute Gasteiger partial charge is 0.497 e. The number of imide groups is 1. The van der Waals surface area contributed by atoms with Crippen LogP contribution in [-0.4, -0.2) is 54.8 Å². The molecule has 2 aromatic rings. The van der Waals surface area contributed by atoms with Gasteiger partial charge in [0.15, 0.2) is 0 Å². The van der Waals surface area contributed by atoms with E-state index >= 15 is 0 Å². The van der Waals surface area contributed by atoms with Gasteiger partial charge in [-0.2, -0.15) is 0 Å². The lowest BCUT2D eigenvalue weighted by molar-refractivity contribution is 0.0548. The summed E-state index contributed by atoms with van der Waals surface area (Å²) in [5.74, 6) is -0.544. The van der Waals surface area contributed by atoms with E-state index in [9.17, 15) is 19.2 Å².